The molecule has 1 aromatic carbocycles. The molecule has 1 fully saturated rings. The number of benzene rings is 1. The van der Waals surface area contributed by atoms with Gasteiger partial charge < -0.3 is 10.1 Å². The van der Waals surface area contributed by atoms with Gasteiger partial charge in [-0.3, -0.25) is 4.90 Å². The first-order valence-electron chi connectivity index (χ1n) is 7.51. The zero-order valence-corrected chi connectivity index (χ0v) is 14.1. The van der Waals surface area contributed by atoms with Gasteiger partial charge in [-0.15, -0.1) is 0 Å². The van der Waals surface area contributed by atoms with Gasteiger partial charge >= 0.3 is 0 Å². The van der Waals surface area contributed by atoms with Crippen LogP contribution in [0.15, 0.2) is 22.7 Å². The number of halogens is 1. The molecule has 20 heavy (non-hydrogen) atoms. The average Bonchev–Trinajstić information content (AvgIpc) is 2.87. The van der Waals surface area contributed by atoms with Crippen LogP contribution in [0.5, 0.6) is 5.75 Å². The van der Waals surface area contributed by atoms with Gasteiger partial charge in [0.25, 0.3) is 0 Å². The van der Waals surface area contributed by atoms with Crippen molar-refractivity contribution < 1.29 is 4.74 Å². The number of likely N-dealkylation sites (tertiary alicyclic amines) is 1. The second-order valence-electron chi connectivity index (χ2n) is 5.44. The summed E-state index contributed by atoms with van der Waals surface area (Å²) < 4.78 is 6.33. The molecule has 0 saturated carbocycles. The molecule has 1 atom stereocenters. The van der Waals surface area contributed by atoms with E-state index in [0.717, 1.165) is 29.9 Å². The highest BCUT2D eigenvalue weighted by atomic mass is 79.9. The highest BCUT2D eigenvalue weighted by Crippen LogP contribution is 2.27. The van der Waals surface area contributed by atoms with E-state index in [0.29, 0.717) is 6.04 Å². The Hall–Kier alpha value is -0.580. The van der Waals surface area contributed by atoms with Crippen molar-refractivity contribution in [2.45, 2.75) is 38.8 Å². The van der Waals surface area contributed by atoms with E-state index in [4.69, 9.17) is 4.74 Å². The lowest BCUT2D eigenvalue weighted by molar-refractivity contribution is 0.239. The van der Waals surface area contributed by atoms with Crippen molar-refractivity contribution >= 4 is 15.9 Å². The summed E-state index contributed by atoms with van der Waals surface area (Å²) in [6, 6.07) is 7.06. The first kappa shape index (κ1) is 15.8. The molecule has 1 N–H and O–H groups in total. The smallest absolute Gasteiger partial charge is 0.133 e. The Morgan fingerprint density at radius 2 is 2.30 bits per heavy atom. The van der Waals surface area contributed by atoms with Crippen LogP contribution >= 0.6 is 15.9 Å². The van der Waals surface area contributed by atoms with Crippen molar-refractivity contribution in [1.29, 1.82) is 0 Å². The molecule has 2 rings (SSSR count). The third-order valence-electron chi connectivity index (χ3n) is 3.91. The summed E-state index contributed by atoms with van der Waals surface area (Å²) in [5.41, 5.74) is 1.35. The Bertz CT molecular complexity index is 425. The molecule has 4 heteroatoms. The molecule has 1 aromatic rings. The number of hydrogen-bond acceptors (Lipinski definition) is 3. The highest BCUT2D eigenvalue weighted by molar-refractivity contribution is 9.10. The van der Waals surface area contributed by atoms with E-state index in [1.54, 1.807) is 7.11 Å². The van der Waals surface area contributed by atoms with Crippen LogP contribution in [0, 0.1) is 0 Å². The lowest BCUT2D eigenvalue weighted by Crippen LogP contribution is -2.37. The number of nitrogens with zero attached hydrogens (tertiary/aromatic N) is 1. The molecule has 0 amide bonds. The Labute approximate surface area is 130 Å². The third kappa shape index (κ3) is 4.21. The lowest BCUT2D eigenvalue weighted by atomic mass is 10.1. The molecule has 1 heterocycles. The molecule has 3 nitrogen and oxygen atoms in total. The largest absolute Gasteiger partial charge is 0.496 e. The SMILES string of the molecule is CCCNCC1CCCN1Cc1ccc(OC)c(Br)c1. The van der Waals surface area contributed by atoms with Gasteiger partial charge in [-0.1, -0.05) is 13.0 Å². The van der Waals surface area contributed by atoms with Crippen LogP contribution in [-0.2, 0) is 6.54 Å². The van der Waals surface area contributed by atoms with Crippen LogP contribution in [0.2, 0.25) is 0 Å². The van der Waals surface area contributed by atoms with Crippen LogP contribution < -0.4 is 10.1 Å². The van der Waals surface area contributed by atoms with Crippen molar-refractivity contribution in [3.8, 4) is 5.75 Å². The van der Waals surface area contributed by atoms with Gasteiger partial charge in [-0.05, 0) is 66.0 Å². The number of hydrogen-bond donors (Lipinski definition) is 1. The first-order chi connectivity index (χ1) is 9.74. The fraction of sp³-hybridized carbons (Fsp3) is 0.625. The normalized spacial score (nSPS) is 19.4. The van der Waals surface area contributed by atoms with E-state index in [-0.39, 0.29) is 0 Å². The molecule has 1 aliphatic heterocycles. The average molecular weight is 341 g/mol. The molecule has 1 unspecified atom stereocenters. The number of rotatable bonds is 7. The monoisotopic (exact) mass is 340 g/mol. The van der Waals surface area contributed by atoms with Gasteiger partial charge in [0.05, 0.1) is 11.6 Å². The van der Waals surface area contributed by atoms with Crippen LogP contribution in [0.1, 0.15) is 31.7 Å². The third-order valence-corrected chi connectivity index (χ3v) is 4.53. The van der Waals surface area contributed by atoms with E-state index < -0.39 is 0 Å². The lowest BCUT2D eigenvalue weighted by Gasteiger charge is -2.25. The summed E-state index contributed by atoms with van der Waals surface area (Å²) >= 11 is 3.57. The highest BCUT2D eigenvalue weighted by Gasteiger charge is 2.24. The van der Waals surface area contributed by atoms with Gasteiger partial charge in [0, 0.05) is 19.1 Å². The van der Waals surface area contributed by atoms with E-state index in [1.807, 2.05) is 6.07 Å². The van der Waals surface area contributed by atoms with Gasteiger partial charge in [0.1, 0.15) is 5.75 Å². The molecule has 0 bridgehead atoms. The van der Waals surface area contributed by atoms with Crippen molar-refractivity contribution in [2.75, 3.05) is 26.7 Å². The quantitative estimate of drug-likeness (QED) is 0.769. The second-order valence-corrected chi connectivity index (χ2v) is 6.29. The van der Waals surface area contributed by atoms with Crippen LogP contribution in [0.25, 0.3) is 0 Å². The minimum atomic E-state index is 0.683. The summed E-state index contributed by atoms with van der Waals surface area (Å²) in [6.45, 7) is 6.70. The minimum absolute atomic E-state index is 0.683. The molecule has 1 saturated heterocycles. The van der Waals surface area contributed by atoms with Gasteiger partial charge in [-0.2, -0.15) is 0 Å². The van der Waals surface area contributed by atoms with E-state index in [1.165, 1.54) is 31.4 Å². The molecule has 0 spiro atoms. The topological polar surface area (TPSA) is 24.5 Å². The molecule has 1 aliphatic rings. The Balaban J connectivity index is 1.92. The molecule has 0 radical (unpaired) electrons. The number of methoxy groups -OCH3 is 1. The van der Waals surface area contributed by atoms with Crippen LogP contribution in [0.3, 0.4) is 0 Å². The summed E-state index contributed by atoms with van der Waals surface area (Å²) in [7, 11) is 1.70. The van der Waals surface area contributed by atoms with Gasteiger partial charge in [0.15, 0.2) is 0 Å². The summed E-state index contributed by atoms with van der Waals surface area (Å²) in [6.07, 6.45) is 3.84. The Morgan fingerprint density at radius 3 is 3.00 bits per heavy atom. The van der Waals surface area contributed by atoms with Crippen molar-refractivity contribution in [1.82, 2.24) is 10.2 Å². The van der Waals surface area contributed by atoms with E-state index >= 15 is 0 Å². The van der Waals surface area contributed by atoms with Gasteiger partial charge in [0.2, 0.25) is 0 Å². The maximum Gasteiger partial charge on any atom is 0.133 e. The maximum atomic E-state index is 5.29. The van der Waals surface area contributed by atoms with Crippen LogP contribution in [0.4, 0.5) is 0 Å². The predicted molar refractivity (Wildman–Crippen MR) is 87.3 cm³/mol. The summed E-state index contributed by atoms with van der Waals surface area (Å²) in [4.78, 5) is 2.59. The fourth-order valence-electron chi connectivity index (χ4n) is 2.82. The van der Waals surface area contributed by atoms with Crippen molar-refractivity contribution in [2.24, 2.45) is 0 Å². The van der Waals surface area contributed by atoms with Gasteiger partial charge in [-0.25, -0.2) is 0 Å². The fourth-order valence-corrected chi connectivity index (χ4v) is 3.41. The van der Waals surface area contributed by atoms with Crippen molar-refractivity contribution in [3.05, 3.63) is 28.2 Å². The number of nitrogens with one attached hydrogen (secondary N) is 1. The standard InChI is InChI=1S/C16H25BrN2O/c1-3-8-18-11-14-5-4-9-19(14)12-13-6-7-16(20-2)15(17)10-13/h6-7,10,14,18H,3-5,8-9,11-12H2,1-2H3. The second kappa shape index (κ2) is 8.01. The predicted octanol–water partition coefficient (Wildman–Crippen LogP) is 3.42. The van der Waals surface area contributed by atoms with Crippen LogP contribution in [-0.4, -0.2) is 37.7 Å². The number of ether oxygens (including phenoxy) is 1. The summed E-state index contributed by atoms with van der Waals surface area (Å²) in [5, 5.41) is 3.55. The maximum absolute atomic E-state index is 5.29. The van der Waals surface area contributed by atoms with E-state index in [9.17, 15) is 0 Å². The molecular formula is C16H25BrN2O. The summed E-state index contributed by atoms with van der Waals surface area (Å²) in [5.74, 6) is 0.899. The van der Waals surface area contributed by atoms with Crippen molar-refractivity contribution in [3.63, 3.8) is 0 Å². The van der Waals surface area contributed by atoms with E-state index in [2.05, 4.69) is 45.2 Å². The molecule has 0 aromatic heterocycles. The molecular weight excluding hydrogens is 316 g/mol. The Kier molecular flexibility index (Phi) is 6.33. The minimum Gasteiger partial charge on any atom is -0.496 e. The molecule has 112 valence electrons. The molecule has 0 aliphatic carbocycles. The zero-order chi connectivity index (χ0) is 14.4. The zero-order valence-electron chi connectivity index (χ0n) is 12.5. The first-order valence-corrected chi connectivity index (χ1v) is 8.31. The Morgan fingerprint density at radius 1 is 1.45 bits per heavy atom.